The second-order valence-electron chi connectivity index (χ2n) is 8.52. The van der Waals surface area contributed by atoms with Gasteiger partial charge in [-0.2, -0.15) is 0 Å². The van der Waals surface area contributed by atoms with Gasteiger partial charge >= 0.3 is 0 Å². The molecule has 1 aliphatic carbocycles. The summed E-state index contributed by atoms with van der Waals surface area (Å²) in [6.45, 7) is 6.79. The third kappa shape index (κ3) is 3.93. The van der Waals surface area contributed by atoms with Crippen molar-refractivity contribution in [1.29, 1.82) is 0 Å². The van der Waals surface area contributed by atoms with Gasteiger partial charge in [0.1, 0.15) is 0 Å². The van der Waals surface area contributed by atoms with Crippen LogP contribution in [0, 0.1) is 20.8 Å². The Bertz CT molecular complexity index is 931. The first-order valence-electron chi connectivity index (χ1n) is 10.7. The summed E-state index contributed by atoms with van der Waals surface area (Å²) >= 11 is 0. The van der Waals surface area contributed by atoms with Crippen molar-refractivity contribution in [1.82, 2.24) is 14.9 Å². The summed E-state index contributed by atoms with van der Waals surface area (Å²) in [6, 6.07) is 4.35. The molecular weight excluding hydrogens is 364 g/mol. The Morgan fingerprint density at radius 3 is 2.38 bits per heavy atom. The number of nitrogens with one attached hydrogen (secondary N) is 2. The van der Waals surface area contributed by atoms with Crippen molar-refractivity contribution in [3.05, 3.63) is 46.0 Å². The zero-order chi connectivity index (χ0) is 20.5. The van der Waals surface area contributed by atoms with Crippen molar-refractivity contribution >= 4 is 17.5 Å². The Labute approximate surface area is 172 Å². The van der Waals surface area contributed by atoms with E-state index in [0.29, 0.717) is 11.5 Å². The van der Waals surface area contributed by atoms with Gasteiger partial charge in [0.15, 0.2) is 11.5 Å². The first-order valence-corrected chi connectivity index (χ1v) is 10.7. The monoisotopic (exact) mass is 394 g/mol. The Balaban J connectivity index is 1.62. The number of amides is 2. The normalized spacial score (nSPS) is 16.5. The van der Waals surface area contributed by atoms with E-state index in [0.717, 1.165) is 74.0 Å². The van der Waals surface area contributed by atoms with Crippen LogP contribution in [0.1, 0.15) is 82.0 Å². The number of fused-ring (bicyclic) bond motifs is 1. The minimum atomic E-state index is -0.231. The molecule has 0 saturated heterocycles. The molecule has 1 aliphatic heterocycles. The lowest BCUT2D eigenvalue weighted by Gasteiger charge is -2.18. The fraction of sp³-hybridized carbons (Fsp3) is 0.522. The number of hydrogen-bond acceptors (Lipinski definition) is 3. The van der Waals surface area contributed by atoms with E-state index in [1.165, 1.54) is 5.56 Å². The van der Waals surface area contributed by atoms with E-state index in [1.54, 1.807) is 0 Å². The molecule has 0 spiro atoms. The van der Waals surface area contributed by atoms with E-state index >= 15 is 0 Å². The van der Waals surface area contributed by atoms with Crippen LogP contribution < -0.4 is 10.6 Å². The van der Waals surface area contributed by atoms with E-state index in [1.807, 2.05) is 25.3 Å². The second kappa shape index (κ2) is 8.01. The molecule has 1 aromatic carbocycles. The molecule has 0 bridgehead atoms. The number of anilines is 1. The average molecular weight is 395 g/mol. The predicted octanol–water partition coefficient (Wildman–Crippen LogP) is 4.07. The molecule has 1 fully saturated rings. The lowest BCUT2D eigenvalue weighted by molar-refractivity contribution is 0.0921. The molecule has 6 heteroatoms. The standard InChI is InChI=1S/C23H30N4O2/c1-14-12-15(2)19(16(3)13-14)26-22(28)20-18-10-6-7-11-27(18)21(25-20)23(29)24-17-8-4-5-9-17/h12-13,17H,4-11H2,1-3H3,(H,24,29)(H,26,28). The topological polar surface area (TPSA) is 76.0 Å². The molecule has 154 valence electrons. The van der Waals surface area contributed by atoms with Crippen LogP contribution >= 0.6 is 0 Å². The van der Waals surface area contributed by atoms with Gasteiger partial charge in [-0.3, -0.25) is 9.59 Å². The van der Waals surface area contributed by atoms with Crippen molar-refractivity contribution in [3.63, 3.8) is 0 Å². The highest BCUT2D eigenvalue weighted by molar-refractivity contribution is 6.05. The van der Waals surface area contributed by atoms with Crippen molar-refractivity contribution in [2.24, 2.45) is 0 Å². The molecule has 29 heavy (non-hydrogen) atoms. The number of imidazole rings is 1. The first-order chi connectivity index (χ1) is 13.9. The van der Waals surface area contributed by atoms with Crippen LogP contribution in [0.5, 0.6) is 0 Å². The number of benzene rings is 1. The molecule has 0 unspecified atom stereocenters. The maximum absolute atomic E-state index is 13.1. The lowest BCUT2D eigenvalue weighted by Crippen LogP contribution is -2.35. The molecule has 6 nitrogen and oxygen atoms in total. The zero-order valence-electron chi connectivity index (χ0n) is 17.6. The Hall–Kier alpha value is -2.63. The van der Waals surface area contributed by atoms with E-state index in [-0.39, 0.29) is 17.9 Å². The number of aromatic nitrogens is 2. The van der Waals surface area contributed by atoms with Gasteiger partial charge in [0, 0.05) is 18.3 Å². The van der Waals surface area contributed by atoms with Gasteiger partial charge < -0.3 is 15.2 Å². The maximum atomic E-state index is 13.1. The van der Waals surface area contributed by atoms with Crippen LogP contribution in [0.3, 0.4) is 0 Å². The van der Waals surface area contributed by atoms with E-state index < -0.39 is 0 Å². The van der Waals surface area contributed by atoms with Gasteiger partial charge in [-0.1, -0.05) is 30.5 Å². The third-order valence-electron chi connectivity index (χ3n) is 6.14. The Morgan fingerprint density at radius 2 is 1.69 bits per heavy atom. The summed E-state index contributed by atoms with van der Waals surface area (Å²) in [5.41, 5.74) is 5.33. The van der Waals surface area contributed by atoms with Gasteiger partial charge in [-0.25, -0.2) is 4.98 Å². The third-order valence-corrected chi connectivity index (χ3v) is 6.14. The Kier molecular flexibility index (Phi) is 5.43. The van der Waals surface area contributed by atoms with Crippen LogP contribution in [0.2, 0.25) is 0 Å². The first kappa shape index (κ1) is 19.7. The molecule has 4 rings (SSSR count). The quantitative estimate of drug-likeness (QED) is 0.821. The van der Waals surface area contributed by atoms with E-state index in [2.05, 4.69) is 27.8 Å². The number of aryl methyl sites for hydroxylation is 3. The fourth-order valence-corrected chi connectivity index (χ4v) is 4.77. The molecule has 1 saturated carbocycles. The van der Waals surface area contributed by atoms with Gasteiger partial charge in [0.2, 0.25) is 0 Å². The van der Waals surface area contributed by atoms with Crippen molar-refractivity contribution in [2.45, 2.75) is 78.3 Å². The highest BCUT2D eigenvalue weighted by atomic mass is 16.2. The summed E-state index contributed by atoms with van der Waals surface area (Å²) in [5, 5.41) is 6.17. The van der Waals surface area contributed by atoms with Gasteiger partial charge in [0.25, 0.3) is 11.8 Å². The molecule has 2 aliphatic rings. The number of nitrogens with zero attached hydrogens (tertiary/aromatic N) is 2. The highest BCUT2D eigenvalue weighted by Crippen LogP contribution is 2.26. The summed E-state index contributed by atoms with van der Waals surface area (Å²) < 4.78 is 1.96. The van der Waals surface area contributed by atoms with Crippen LogP contribution in [-0.2, 0) is 13.0 Å². The largest absolute Gasteiger partial charge is 0.347 e. The average Bonchev–Trinajstić information content (AvgIpc) is 3.32. The van der Waals surface area contributed by atoms with Crippen LogP contribution in [0.15, 0.2) is 12.1 Å². The highest BCUT2D eigenvalue weighted by Gasteiger charge is 2.29. The molecule has 2 N–H and O–H groups in total. The van der Waals surface area contributed by atoms with Gasteiger partial charge in [-0.15, -0.1) is 0 Å². The lowest BCUT2D eigenvalue weighted by atomic mass is 10.0. The van der Waals surface area contributed by atoms with Crippen molar-refractivity contribution in [3.8, 4) is 0 Å². The second-order valence-corrected chi connectivity index (χ2v) is 8.52. The van der Waals surface area contributed by atoms with E-state index in [9.17, 15) is 9.59 Å². The molecule has 1 aromatic heterocycles. The van der Waals surface area contributed by atoms with Crippen LogP contribution in [-0.4, -0.2) is 27.4 Å². The molecule has 2 aromatic rings. The van der Waals surface area contributed by atoms with Crippen LogP contribution in [0.4, 0.5) is 5.69 Å². The van der Waals surface area contributed by atoms with Crippen molar-refractivity contribution in [2.75, 3.05) is 5.32 Å². The number of hydrogen-bond donors (Lipinski definition) is 2. The summed E-state index contributed by atoms with van der Waals surface area (Å²) in [7, 11) is 0. The molecule has 0 atom stereocenters. The zero-order valence-corrected chi connectivity index (χ0v) is 17.6. The predicted molar refractivity (Wildman–Crippen MR) is 113 cm³/mol. The minimum absolute atomic E-state index is 0.151. The fourth-order valence-electron chi connectivity index (χ4n) is 4.77. The number of rotatable bonds is 4. The molecular formula is C23H30N4O2. The SMILES string of the molecule is Cc1cc(C)c(NC(=O)c2nc(C(=O)NC3CCCC3)n3c2CCCC3)c(C)c1. The summed E-state index contributed by atoms with van der Waals surface area (Å²) in [5.74, 6) is 0.00140. The maximum Gasteiger partial charge on any atom is 0.287 e. The van der Waals surface area contributed by atoms with Crippen molar-refractivity contribution < 1.29 is 9.59 Å². The Morgan fingerprint density at radius 1 is 1.00 bits per heavy atom. The molecule has 2 heterocycles. The number of carbonyl (C=O) groups is 2. The number of carbonyl (C=O) groups excluding carboxylic acids is 2. The minimum Gasteiger partial charge on any atom is -0.347 e. The van der Waals surface area contributed by atoms with Gasteiger partial charge in [0.05, 0.1) is 5.69 Å². The van der Waals surface area contributed by atoms with Gasteiger partial charge in [-0.05, 0) is 64.0 Å². The molecule has 0 radical (unpaired) electrons. The smallest absolute Gasteiger partial charge is 0.287 e. The van der Waals surface area contributed by atoms with Crippen LogP contribution in [0.25, 0.3) is 0 Å². The van der Waals surface area contributed by atoms with E-state index in [4.69, 9.17) is 0 Å². The summed E-state index contributed by atoms with van der Waals surface area (Å²) in [4.78, 5) is 30.6. The summed E-state index contributed by atoms with van der Waals surface area (Å²) in [6.07, 6.45) is 7.17. The molecule has 2 amide bonds.